The Labute approximate surface area is 182 Å². The number of benzene rings is 1. The zero-order chi connectivity index (χ0) is 21.4. The third-order valence-corrected chi connectivity index (χ3v) is 5.18. The zero-order valence-corrected chi connectivity index (χ0v) is 17.4. The predicted molar refractivity (Wildman–Crippen MR) is 119 cm³/mol. The largest absolute Gasteiger partial charge is 0.382 e. The lowest BCUT2D eigenvalue weighted by Gasteiger charge is -2.10. The third-order valence-electron chi connectivity index (χ3n) is 4.87. The average molecular weight is 432 g/mol. The molecule has 0 atom stereocenters. The van der Waals surface area contributed by atoms with Crippen LogP contribution >= 0.6 is 11.6 Å². The molecule has 9 nitrogen and oxygen atoms in total. The number of halogens is 1. The van der Waals surface area contributed by atoms with Crippen LogP contribution in [0.4, 0.5) is 5.82 Å². The van der Waals surface area contributed by atoms with E-state index in [-0.39, 0.29) is 0 Å². The van der Waals surface area contributed by atoms with Crippen molar-refractivity contribution in [3.05, 3.63) is 60.6 Å². The van der Waals surface area contributed by atoms with Crippen LogP contribution < -0.4 is 5.73 Å². The number of imidazole rings is 1. The molecule has 0 amide bonds. The Bertz CT molecular complexity index is 1370. The van der Waals surface area contributed by atoms with Crippen LogP contribution in [-0.2, 0) is 12.4 Å². The summed E-state index contributed by atoms with van der Waals surface area (Å²) in [6.45, 7) is 2.67. The Hall–Kier alpha value is -3.85. The van der Waals surface area contributed by atoms with Gasteiger partial charge in [-0.1, -0.05) is 12.1 Å². The maximum absolute atomic E-state index is 6.12. The molecule has 154 valence electrons. The topological polar surface area (TPSA) is 113 Å². The van der Waals surface area contributed by atoms with Gasteiger partial charge in [-0.25, -0.2) is 19.9 Å². The number of aryl methyl sites for hydroxylation is 1. The van der Waals surface area contributed by atoms with Crippen LogP contribution in [0, 0.1) is 0 Å². The molecule has 4 heterocycles. The fourth-order valence-electron chi connectivity index (χ4n) is 3.33. The van der Waals surface area contributed by atoms with Gasteiger partial charge in [-0.15, -0.1) is 11.6 Å². The summed E-state index contributed by atoms with van der Waals surface area (Å²) in [5, 5.41) is 8.72. The molecule has 0 fully saturated rings. The maximum Gasteiger partial charge on any atom is 0.169 e. The van der Waals surface area contributed by atoms with Crippen molar-refractivity contribution in [1.29, 1.82) is 0 Å². The minimum absolute atomic E-state index is 0.294. The van der Waals surface area contributed by atoms with E-state index in [0.29, 0.717) is 52.3 Å². The minimum atomic E-state index is 0.294. The number of alkyl halides is 1. The predicted octanol–water partition coefficient (Wildman–Crippen LogP) is 3.48. The Morgan fingerprint density at radius 2 is 1.77 bits per heavy atom. The normalized spacial score (nSPS) is 11.3. The third kappa shape index (κ3) is 3.38. The molecule has 5 aromatic rings. The molecule has 0 radical (unpaired) electrons. The van der Waals surface area contributed by atoms with Crippen molar-refractivity contribution in [2.45, 2.75) is 19.3 Å². The summed E-state index contributed by atoms with van der Waals surface area (Å²) in [4.78, 5) is 19.8. The molecule has 4 aromatic heterocycles. The van der Waals surface area contributed by atoms with Crippen LogP contribution in [0.25, 0.3) is 39.8 Å². The van der Waals surface area contributed by atoms with E-state index < -0.39 is 0 Å². The van der Waals surface area contributed by atoms with E-state index in [9.17, 15) is 0 Å². The quantitative estimate of drug-likeness (QED) is 0.424. The number of anilines is 1. The number of fused-ring (bicyclic) bond motifs is 1. The van der Waals surface area contributed by atoms with Crippen molar-refractivity contribution in [3.63, 3.8) is 0 Å². The highest BCUT2D eigenvalue weighted by Crippen LogP contribution is 2.30. The van der Waals surface area contributed by atoms with E-state index in [2.05, 4.69) is 20.2 Å². The Kier molecular flexibility index (Phi) is 4.79. The van der Waals surface area contributed by atoms with Gasteiger partial charge >= 0.3 is 0 Å². The summed E-state index contributed by atoms with van der Waals surface area (Å²) in [6.07, 6.45) is 4.84. The lowest BCUT2D eigenvalue weighted by atomic mass is 10.2. The number of hydrogen-bond acceptors (Lipinski definition) is 7. The summed E-state index contributed by atoms with van der Waals surface area (Å²) >= 11 is 5.97. The summed E-state index contributed by atoms with van der Waals surface area (Å²) < 4.78 is 1.92. The summed E-state index contributed by atoms with van der Waals surface area (Å²) in [5.74, 6) is 1.29. The van der Waals surface area contributed by atoms with E-state index >= 15 is 0 Å². The van der Waals surface area contributed by atoms with E-state index in [1.54, 1.807) is 23.4 Å². The molecule has 1 aromatic carbocycles. The van der Waals surface area contributed by atoms with Crippen molar-refractivity contribution >= 4 is 28.6 Å². The molecule has 31 heavy (non-hydrogen) atoms. The maximum atomic E-state index is 6.12. The first-order valence-corrected chi connectivity index (χ1v) is 10.2. The van der Waals surface area contributed by atoms with Gasteiger partial charge in [0.15, 0.2) is 17.3 Å². The molecule has 0 spiro atoms. The average Bonchev–Trinajstić information content (AvgIpc) is 3.44. The second kappa shape index (κ2) is 7.77. The van der Waals surface area contributed by atoms with Crippen molar-refractivity contribution in [3.8, 4) is 28.6 Å². The van der Waals surface area contributed by atoms with Gasteiger partial charge in [0.1, 0.15) is 16.9 Å². The Balaban J connectivity index is 1.76. The van der Waals surface area contributed by atoms with Crippen LogP contribution in [0.15, 0.2) is 55.0 Å². The summed E-state index contributed by atoms with van der Waals surface area (Å²) in [6, 6.07) is 11.7. The van der Waals surface area contributed by atoms with Crippen molar-refractivity contribution in [2.24, 2.45) is 0 Å². The summed E-state index contributed by atoms with van der Waals surface area (Å²) in [7, 11) is 0. The highest BCUT2D eigenvalue weighted by molar-refractivity contribution is 6.17. The van der Waals surface area contributed by atoms with Crippen LogP contribution in [0.2, 0.25) is 0 Å². The molecule has 0 saturated carbocycles. The van der Waals surface area contributed by atoms with Gasteiger partial charge in [-0.2, -0.15) is 15.0 Å². The molecule has 2 N–H and O–H groups in total. The van der Waals surface area contributed by atoms with E-state index in [4.69, 9.17) is 27.3 Å². The van der Waals surface area contributed by atoms with E-state index in [0.717, 1.165) is 11.3 Å². The second-order valence-electron chi connectivity index (χ2n) is 6.82. The number of aromatic nitrogens is 8. The van der Waals surface area contributed by atoms with Gasteiger partial charge < -0.3 is 5.73 Å². The van der Waals surface area contributed by atoms with Gasteiger partial charge in [-0.3, -0.25) is 4.57 Å². The van der Waals surface area contributed by atoms with Crippen molar-refractivity contribution in [1.82, 2.24) is 39.5 Å². The van der Waals surface area contributed by atoms with E-state index in [1.807, 2.05) is 47.9 Å². The molecular formula is C21H18ClN9. The molecule has 0 bridgehead atoms. The Morgan fingerprint density at radius 1 is 0.968 bits per heavy atom. The fraction of sp³-hybridized carbons (Fsp3) is 0.143. The highest BCUT2D eigenvalue weighted by atomic mass is 35.5. The summed E-state index contributed by atoms with van der Waals surface area (Å²) in [5.41, 5.74) is 11.2. The van der Waals surface area contributed by atoms with Gasteiger partial charge in [-0.05, 0) is 36.8 Å². The first kappa shape index (κ1) is 19.1. The van der Waals surface area contributed by atoms with Gasteiger partial charge in [0, 0.05) is 24.0 Å². The number of pyridine rings is 1. The number of rotatable bonds is 5. The lowest BCUT2D eigenvalue weighted by molar-refractivity contribution is 0.570. The molecule has 0 aliphatic carbocycles. The van der Waals surface area contributed by atoms with Crippen LogP contribution in [0.1, 0.15) is 12.5 Å². The first-order chi connectivity index (χ1) is 15.2. The number of nitrogens with zero attached hydrogens (tertiary/aromatic N) is 8. The first-order valence-electron chi connectivity index (χ1n) is 9.70. The fourth-order valence-corrected chi connectivity index (χ4v) is 3.50. The minimum Gasteiger partial charge on any atom is -0.382 e. The standard InChI is InChI=1S/C21H18ClN9/c1-2-30-26-12-17(29-30)15-7-8-16-20(27-15)31(14-5-3-13(11-22)4-6-14)21(28-16)18-19(23)25-10-9-24-18/h3-10,12H,2,11H2,1H3,(H2,23,25). The van der Waals surface area contributed by atoms with E-state index in [1.165, 1.54) is 0 Å². The highest BCUT2D eigenvalue weighted by Gasteiger charge is 2.20. The molecular weight excluding hydrogens is 414 g/mol. The van der Waals surface area contributed by atoms with Crippen LogP contribution in [-0.4, -0.2) is 39.5 Å². The van der Waals surface area contributed by atoms with Gasteiger partial charge in [0.05, 0.1) is 18.4 Å². The monoisotopic (exact) mass is 431 g/mol. The second-order valence-corrected chi connectivity index (χ2v) is 7.09. The molecule has 10 heteroatoms. The molecule has 0 aliphatic rings. The van der Waals surface area contributed by atoms with Crippen molar-refractivity contribution < 1.29 is 0 Å². The Morgan fingerprint density at radius 3 is 2.48 bits per heavy atom. The number of hydrogen-bond donors (Lipinski definition) is 1. The SMILES string of the molecule is CCn1ncc(-c2ccc3nc(-c4nccnc4N)n(-c4ccc(CCl)cc4)c3n2)n1. The smallest absolute Gasteiger partial charge is 0.169 e. The molecule has 0 saturated heterocycles. The van der Waals surface area contributed by atoms with Crippen LogP contribution in [0.3, 0.4) is 0 Å². The van der Waals surface area contributed by atoms with Crippen molar-refractivity contribution in [2.75, 3.05) is 5.73 Å². The lowest BCUT2D eigenvalue weighted by Crippen LogP contribution is -2.04. The zero-order valence-electron chi connectivity index (χ0n) is 16.6. The van der Waals surface area contributed by atoms with Gasteiger partial charge in [0.25, 0.3) is 0 Å². The molecule has 5 rings (SSSR count). The number of nitrogen functional groups attached to an aromatic ring is 1. The number of nitrogens with two attached hydrogens (primary N) is 1. The van der Waals surface area contributed by atoms with Crippen LogP contribution in [0.5, 0.6) is 0 Å². The van der Waals surface area contributed by atoms with Gasteiger partial charge in [0.2, 0.25) is 0 Å². The molecule has 0 unspecified atom stereocenters. The molecule has 0 aliphatic heterocycles.